The summed E-state index contributed by atoms with van der Waals surface area (Å²) in [5.41, 5.74) is 0.634. The molecule has 2 saturated carbocycles. The first kappa shape index (κ1) is 16.9. The van der Waals surface area contributed by atoms with Crippen molar-refractivity contribution in [1.82, 2.24) is 0 Å². The zero-order valence-electron chi connectivity index (χ0n) is 14.0. The van der Waals surface area contributed by atoms with E-state index >= 15 is 0 Å². The van der Waals surface area contributed by atoms with Crippen LogP contribution >= 0.6 is 0 Å². The average molecular weight is 324 g/mol. The van der Waals surface area contributed by atoms with Crippen LogP contribution in [0.15, 0.2) is 12.1 Å². The molecular formula is C20H27F3. The first-order chi connectivity index (χ1) is 11.1. The van der Waals surface area contributed by atoms with Gasteiger partial charge in [0.05, 0.1) is 0 Å². The standard InChI is InChI=1S/C20H27F3/c1-2-3-13-4-5-16(10-13)14-6-8-15(9-7-14)17-11-18(21)20(23)19(22)12-17/h11-16H,2-10H2,1H3. The second-order valence-electron chi connectivity index (χ2n) is 7.64. The maximum absolute atomic E-state index is 13.4. The van der Waals surface area contributed by atoms with Gasteiger partial charge in [-0.3, -0.25) is 0 Å². The number of benzene rings is 1. The Balaban J connectivity index is 1.57. The topological polar surface area (TPSA) is 0 Å². The van der Waals surface area contributed by atoms with Crippen LogP contribution in [0.25, 0.3) is 0 Å². The number of rotatable bonds is 4. The molecular weight excluding hydrogens is 297 g/mol. The molecule has 2 aliphatic carbocycles. The Morgan fingerprint density at radius 2 is 1.48 bits per heavy atom. The molecule has 0 heterocycles. The van der Waals surface area contributed by atoms with E-state index in [-0.39, 0.29) is 5.92 Å². The van der Waals surface area contributed by atoms with E-state index in [0.717, 1.165) is 43.4 Å². The Bertz CT molecular complexity index is 509. The maximum atomic E-state index is 13.4. The third-order valence-electron chi connectivity index (χ3n) is 6.19. The minimum Gasteiger partial charge on any atom is -0.204 e. The molecule has 1 aromatic carbocycles. The molecule has 0 N–H and O–H groups in total. The number of hydrogen-bond donors (Lipinski definition) is 0. The van der Waals surface area contributed by atoms with Crippen molar-refractivity contribution in [3.05, 3.63) is 35.1 Å². The van der Waals surface area contributed by atoms with E-state index in [1.54, 1.807) is 0 Å². The summed E-state index contributed by atoms with van der Waals surface area (Å²) in [6, 6.07) is 2.38. The van der Waals surface area contributed by atoms with Crippen molar-refractivity contribution in [2.75, 3.05) is 0 Å². The summed E-state index contributed by atoms with van der Waals surface area (Å²) in [5, 5.41) is 0. The van der Waals surface area contributed by atoms with E-state index in [9.17, 15) is 13.2 Å². The smallest absolute Gasteiger partial charge is 0.194 e. The maximum Gasteiger partial charge on any atom is 0.194 e. The monoisotopic (exact) mass is 324 g/mol. The summed E-state index contributed by atoms with van der Waals surface area (Å²) in [6.45, 7) is 2.26. The number of hydrogen-bond acceptors (Lipinski definition) is 0. The summed E-state index contributed by atoms with van der Waals surface area (Å²) in [6.07, 6.45) is 11.0. The molecule has 128 valence electrons. The van der Waals surface area contributed by atoms with E-state index in [1.165, 1.54) is 44.2 Å². The highest BCUT2D eigenvalue weighted by molar-refractivity contribution is 5.23. The van der Waals surface area contributed by atoms with Gasteiger partial charge in [-0.1, -0.05) is 26.2 Å². The zero-order chi connectivity index (χ0) is 16.4. The van der Waals surface area contributed by atoms with E-state index in [2.05, 4.69) is 6.92 Å². The highest BCUT2D eigenvalue weighted by Gasteiger charge is 2.33. The molecule has 2 aliphatic rings. The van der Waals surface area contributed by atoms with E-state index in [0.29, 0.717) is 5.56 Å². The summed E-state index contributed by atoms with van der Waals surface area (Å²) < 4.78 is 39.9. The van der Waals surface area contributed by atoms with Gasteiger partial charge in [0.2, 0.25) is 0 Å². The fourth-order valence-electron chi connectivity index (χ4n) is 4.95. The van der Waals surface area contributed by atoms with Gasteiger partial charge in [0, 0.05) is 0 Å². The van der Waals surface area contributed by atoms with Gasteiger partial charge < -0.3 is 0 Å². The third kappa shape index (κ3) is 3.75. The molecule has 3 rings (SSSR count). The van der Waals surface area contributed by atoms with E-state index in [4.69, 9.17) is 0 Å². The lowest BCUT2D eigenvalue weighted by molar-refractivity contribution is 0.229. The lowest BCUT2D eigenvalue weighted by atomic mass is 9.73. The van der Waals surface area contributed by atoms with Gasteiger partial charge in [0.1, 0.15) is 0 Å². The molecule has 23 heavy (non-hydrogen) atoms. The minimum absolute atomic E-state index is 0.184. The van der Waals surface area contributed by atoms with Crippen molar-refractivity contribution in [3.63, 3.8) is 0 Å². The summed E-state index contributed by atoms with van der Waals surface area (Å²) in [4.78, 5) is 0. The van der Waals surface area contributed by atoms with Crippen LogP contribution in [0.2, 0.25) is 0 Å². The molecule has 2 fully saturated rings. The van der Waals surface area contributed by atoms with Crippen molar-refractivity contribution in [1.29, 1.82) is 0 Å². The lowest BCUT2D eigenvalue weighted by Gasteiger charge is -2.32. The second-order valence-corrected chi connectivity index (χ2v) is 7.64. The number of halogens is 3. The van der Waals surface area contributed by atoms with Gasteiger partial charge in [-0.05, 0) is 79.9 Å². The summed E-state index contributed by atoms with van der Waals surface area (Å²) in [5.74, 6) is -0.722. The summed E-state index contributed by atoms with van der Waals surface area (Å²) in [7, 11) is 0. The first-order valence-electron chi connectivity index (χ1n) is 9.22. The molecule has 0 aliphatic heterocycles. The van der Waals surface area contributed by atoms with Crippen molar-refractivity contribution in [3.8, 4) is 0 Å². The zero-order valence-corrected chi connectivity index (χ0v) is 14.0. The van der Waals surface area contributed by atoms with Crippen LogP contribution in [0.3, 0.4) is 0 Å². The highest BCUT2D eigenvalue weighted by Crippen LogP contribution is 2.46. The van der Waals surface area contributed by atoms with Gasteiger partial charge in [0.15, 0.2) is 17.5 Å². The summed E-state index contributed by atoms with van der Waals surface area (Å²) >= 11 is 0. The fourth-order valence-corrected chi connectivity index (χ4v) is 4.95. The van der Waals surface area contributed by atoms with Crippen LogP contribution in [0.1, 0.15) is 76.2 Å². The van der Waals surface area contributed by atoms with Crippen LogP contribution in [-0.4, -0.2) is 0 Å². The van der Waals surface area contributed by atoms with Gasteiger partial charge >= 0.3 is 0 Å². The lowest BCUT2D eigenvalue weighted by Crippen LogP contribution is -2.20. The van der Waals surface area contributed by atoms with Crippen molar-refractivity contribution in [2.45, 2.75) is 70.6 Å². The van der Waals surface area contributed by atoms with Crippen molar-refractivity contribution >= 4 is 0 Å². The molecule has 0 saturated heterocycles. The normalized spacial score (nSPS) is 31.5. The van der Waals surface area contributed by atoms with E-state index in [1.807, 2.05) is 0 Å². The largest absolute Gasteiger partial charge is 0.204 e. The molecule has 0 bridgehead atoms. The quantitative estimate of drug-likeness (QED) is 0.548. The minimum atomic E-state index is -1.35. The molecule has 2 atom stereocenters. The predicted octanol–water partition coefficient (Wildman–Crippen LogP) is 6.59. The second kappa shape index (κ2) is 7.27. The van der Waals surface area contributed by atoms with Crippen molar-refractivity contribution < 1.29 is 13.2 Å². The Morgan fingerprint density at radius 1 is 0.870 bits per heavy atom. The van der Waals surface area contributed by atoms with Crippen LogP contribution in [0, 0.1) is 35.2 Å². The molecule has 0 amide bonds. The van der Waals surface area contributed by atoms with Gasteiger partial charge in [-0.25, -0.2) is 13.2 Å². The molecule has 0 aromatic heterocycles. The van der Waals surface area contributed by atoms with Gasteiger partial charge in [0.25, 0.3) is 0 Å². The molecule has 0 nitrogen and oxygen atoms in total. The molecule has 1 aromatic rings. The Morgan fingerprint density at radius 3 is 2.09 bits per heavy atom. The Kier molecular flexibility index (Phi) is 5.33. The molecule has 3 heteroatoms. The van der Waals surface area contributed by atoms with Gasteiger partial charge in [-0.15, -0.1) is 0 Å². The fraction of sp³-hybridized carbons (Fsp3) is 0.700. The molecule has 0 spiro atoms. The third-order valence-corrected chi connectivity index (χ3v) is 6.19. The predicted molar refractivity (Wildman–Crippen MR) is 86.8 cm³/mol. The first-order valence-corrected chi connectivity index (χ1v) is 9.22. The van der Waals surface area contributed by atoms with Crippen LogP contribution in [0.5, 0.6) is 0 Å². The Labute approximate surface area is 137 Å². The average Bonchev–Trinajstić information content (AvgIpc) is 3.01. The van der Waals surface area contributed by atoms with Crippen LogP contribution in [0.4, 0.5) is 13.2 Å². The van der Waals surface area contributed by atoms with Crippen LogP contribution < -0.4 is 0 Å². The highest BCUT2D eigenvalue weighted by atomic mass is 19.2. The van der Waals surface area contributed by atoms with Crippen molar-refractivity contribution in [2.24, 2.45) is 17.8 Å². The van der Waals surface area contributed by atoms with Gasteiger partial charge in [-0.2, -0.15) is 0 Å². The molecule has 2 unspecified atom stereocenters. The van der Waals surface area contributed by atoms with Crippen LogP contribution in [-0.2, 0) is 0 Å². The molecule has 0 radical (unpaired) electrons. The Hall–Kier alpha value is -0.990. The van der Waals surface area contributed by atoms with E-state index < -0.39 is 17.5 Å². The SMILES string of the molecule is CCCC1CCC(C2CCC(c3cc(F)c(F)c(F)c3)CC2)C1.